The lowest BCUT2D eigenvalue weighted by atomic mass is 10.2. The van der Waals surface area contributed by atoms with E-state index in [1.54, 1.807) is 12.1 Å². The first-order valence-corrected chi connectivity index (χ1v) is 5.10. The van der Waals surface area contributed by atoms with Crippen LogP contribution in [-0.2, 0) is 0 Å². The van der Waals surface area contributed by atoms with Crippen LogP contribution in [0.2, 0.25) is 0 Å². The second-order valence-electron chi connectivity index (χ2n) is 2.80. The minimum absolute atomic E-state index is 0.244. The molecule has 4 heteroatoms. The van der Waals surface area contributed by atoms with Gasteiger partial charge in [-0.15, -0.1) is 0 Å². The Morgan fingerprint density at radius 1 is 1.57 bits per heavy atom. The Bertz CT molecular complexity index is 336. The summed E-state index contributed by atoms with van der Waals surface area (Å²) in [6.07, 6.45) is 0.929. The Labute approximate surface area is 90.8 Å². The number of ether oxygens (including phenoxy) is 1. The Balaban J connectivity index is 2.83. The third-order valence-corrected chi connectivity index (χ3v) is 2.30. The number of carbonyl (C=O) groups is 1. The fourth-order valence-corrected chi connectivity index (χ4v) is 1.51. The third-order valence-electron chi connectivity index (χ3n) is 1.64. The van der Waals surface area contributed by atoms with Gasteiger partial charge < -0.3 is 9.84 Å². The molecule has 0 fully saturated rings. The zero-order chi connectivity index (χ0) is 10.6. The Hall–Kier alpha value is -1.03. The van der Waals surface area contributed by atoms with E-state index in [9.17, 15) is 4.79 Å². The van der Waals surface area contributed by atoms with Crippen molar-refractivity contribution in [1.29, 1.82) is 0 Å². The largest absolute Gasteiger partial charge is 0.494 e. The van der Waals surface area contributed by atoms with E-state index in [1.165, 1.54) is 6.07 Å². The second kappa shape index (κ2) is 5.00. The number of carboxylic acid groups (broad SMARTS) is 1. The van der Waals surface area contributed by atoms with E-state index in [-0.39, 0.29) is 5.56 Å². The molecule has 1 N–H and O–H groups in total. The molecule has 14 heavy (non-hydrogen) atoms. The maximum absolute atomic E-state index is 10.7. The molecule has 76 valence electrons. The van der Waals surface area contributed by atoms with Gasteiger partial charge in [0.15, 0.2) is 0 Å². The molecule has 0 atom stereocenters. The summed E-state index contributed by atoms with van der Waals surface area (Å²) in [5, 5.41) is 8.76. The zero-order valence-electron chi connectivity index (χ0n) is 7.79. The lowest BCUT2D eigenvalue weighted by molar-refractivity contribution is 0.0696. The summed E-state index contributed by atoms with van der Waals surface area (Å²) in [6.45, 7) is 2.65. The van der Waals surface area contributed by atoms with Crippen molar-refractivity contribution in [2.45, 2.75) is 13.3 Å². The van der Waals surface area contributed by atoms with Crippen LogP contribution in [0.15, 0.2) is 22.7 Å². The first-order valence-electron chi connectivity index (χ1n) is 4.30. The molecule has 1 aromatic rings. The lowest BCUT2D eigenvalue weighted by Crippen LogP contribution is -1.99. The van der Waals surface area contributed by atoms with E-state index in [0.29, 0.717) is 16.8 Å². The van der Waals surface area contributed by atoms with Gasteiger partial charge in [-0.05, 0) is 40.5 Å². The highest BCUT2D eigenvalue weighted by Gasteiger charge is 2.08. The van der Waals surface area contributed by atoms with Gasteiger partial charge in [0.25, 0.3) is 0 Å². The summed E-state index contributed by atoms with van der Waals surface area (Å²) in [5.41, 5.74) is 0.244. The lowest BCUT2D eigenvalue weighted by Gasteiger charge is -2.05. The highest BCUT2D eigenvalue weighted by atomic mass is 79.9. The number of halogens is 1. The number of hydrogen-bond acceptors (Lipinski definition) is 2. The van der Waals surface area contributed by atoms with Crippen LogP contribution >= 0.6 is 15.9 Å². The van der Waals surface area contributed by atoms with Crippen LogP contribution in [0.4, 0.5) is 0 Å². The van der Waals surface area contributed by atoms with Crippen molar-refractivity contribution < 1.29 is 14.6 Å². The molecule has 0 saturated carbocycles. The highest BCUT2D eigenvalue weighted by Crippen LogP contribution is 2.23. The summed E-state index contributed by atoms with van der Waals surface area (Å²) < 4.78 is 5.89. The number of aromatic carboxylic acids is 1. The predicted octanol–water partition coefficient (Wildman–Crippen LogP) is 2.94. The molecule has 3 nitrogen and oxygen atoms in total. The Kier molecular flexibility index (Phi) is 3.95. The molecule has 0 aromatic heterocycles. The first-order chi connectivity index (χ1) is 6.65. The van der Waals surface area contributed by atoms with Gasteiger partial charge in [-0.25, -0.2) is 4.79 Å². The molecule has 0 radical (unpaired) electrons. The molecule has 0 amide bonds. The summed E-state index contributed by atoms with van der Waals surface area (Å²) in [4.78, 5) is 10.7. The summed E-state index contributed by atoms with van der Waals surface area (Å²) in [5.74, 6) is -0.261. The fraction of sp³-hybridized carbons (Fsp3) is 0.300. The molecule has 0 aliphatic heterocycles. The van der Waals surface area contributed by atoms with Crippen molar-refractivity contribution in [1.82, 2.24) is 0 Å². The van der Waals surface area contributed by atoms with Gasteiger partial charge in [0.2, 0.25) is 0 Å². The van der Waals surface area contributed by atoms with E-state index in [1.807, 2.05) is 6.92 Å². The van der Waals surface area contributed by atoms with Crippen molar-refractivity contribution in [2.75, 3.05) is 6.61 Å². The number of rotatable bonds is 4. The normalized spacial score (nSPS) is 9.86. The second-order valence-corrected chi connectivity index (χ2v) is 3.65. The van der Waals surface area contributed by atoms with Crippen LogP contribution in [0.1, 0.15) is 23.7 Å². The SMILES string of the molecule is CCCOc1ccc(C(=O)O)c(Br)c1. The van der Waals surface area contributed by atoms with E-state index in [0.717, 1.165) is 6.42 Å². The van der Waals surface area contributed by atoms with Crippen molar-refractivity contribution >= 4 is 21.9 Å². The van der Waals surface area contributed by atoms with Crippen LogP contribution in [0, 0.1) is 0 Å². The molecule has 0 heterocycles. The van der Waals surface area contributed by atoms with E-state index < -0.39 is 5.97 Å². The van der Waals surface area contributed by atoms with Gasteiger partial charge in [-0.3, -0.25) is 0 Å². The highest BCUT2D eigenvalue weighted by molar-refractivity contribution is 9.10. The molecule has 0 unspecified atom stereocenters. The predicted molar refractivity (Wildman–Crippen MR) is 56.9 cm³/mol. The molecule has 0 saturated heterocycles. The van der Waals surface area contributed by atoms with Crippen LogP contribution in [-0.4, -0.2) is 17.7 Å². The van der Waals surface area contributed by atoms with Crippen LogP contribution in [0.25, 0.3) is 0 Å². The summed E-state index contributed by atoms with van der Waals surface area (Å²) in [7, 11) is 0. The molecule has 0 spiro atoms. The minimum Gasteiger partial charge on any atom is -0.494 e. The van der Waals surface area contributed by atoms with Crippen molar-refractivity contribution in [3.63, 3.8) is 0 Å². The Morgan fingerprint density at radius 2 is 2.29 bits per heavy atom. The average Bonchev–Trinajstić information content (AvgIpc) is 2.14. The van der Waals surface area contributed by atoms with Crippen LogP contribution < -0.4 is 4.74 Å². The van der Waals surface area contributed by atoms with Gasteiger partial charge in [-0.1, -0.05) is 6.92 Å². The van der Waals surface area contributed by atoms with Crippen molar-refractivity contribution in [3.05, 3.63) is 28.2 Å². The van der Waals surface area contributed by atoms with Crippen LogP contribution in [0.3, 0.4) is 0 Å². The van der Waals surface area contributed by atoms with Gasteiger partial charge in [0, 0.05) is 4.47 Å². The minimum atomic E-state index is -0.945. The number of carboxylic acids is 1. The van der Waals surface area contributed by atoms with Gasteiger partial charge >= 0.3 is 5.97 Å². The van der Waals surface area contributed by atoms with Crippen LogP contribution in [0.5, 0.6) is 5.75 Å². The molecule has 0 aliphatic rings. The topological polar surface area (TPSA) is 46.5 Å². The van der Waals surface area contributed by atoms with Gasteiger partial charge in [0.1, 0.15) is 5.75 Å². The third kappa shape index (κ3) is 2.73. The Morgan fingerprint density at radius 3 is 2.79 bits per heavy atom. The summed E-state index contributed by atoms with van der Waals surface area (Å²) >= 11 is 3.18. The first kappa shape index (κ1) is 11.0. The maximum atomic E-state index is 10.7. The average molecular weight is 259 g/mol. The van der Waals surface area contributed by atoms with Crippen molar-refractivity contribution in [2.24, 2.45) is 0 Å². The van der Waals surface area contributed by atoms with E-state index >= 15 is 0 Å². The zero-order valence-corrected chi connectivity index (χ0v) is 9.37. The van der Waals surface area contributed by atoms with E-state index in [2.05, 4.69) is 15.9 Å². The molecule has 0 bridgehead atoms. The van der Waals surface area contributed by atoms with Crippen molar-refractivity contribution in [3.8, 4) is 5.75 Å². The number of benzene rings is 1. The smallest absolute Gasteiger partial charge is 0.336 e. The molecule has 1 aromatic carbocycles. The maximum Gasteiger partial charge on any atom is 0.336 e. The standard InChI is InChI=1S/C10H11BrO3/c1-2-5-14-7-3-4-8(10(12)13)9(11)6-7/h3-4,6H,2,5H2,1H3,(H,12,13). The van der Waals surface area contributed by atoms with Gasteiger partial charge in [-0.2, -0.15) is 0 Å². The monoisotopic (exact) mass is 258 g/mol. The number of hydrogen-bond donors (Lipinski definition) is 1. The fourth-order valence-electron chi connectivity index (χ4n) is 0.979. The molecule has 0 aliphatic carbocycles. The molecular weight excluding hydrogens is 248 g/mol. The molecular formula is C10H11BrO3. The quantitative estimate of drug-likeness (QED) is 0.904. The van der Waals surface area contributed by atoms with Gasteiger partial charge in [0.05, 0.1) is 12.2 Å². The van der Waals surface area contributed by atoms with E-state index in [4.69, 9.17) is 9.84 Å². The molecule has 1 rings (SSSR count). The summed E-state index contributed by atoms with van der Waals surface area (Å²) in [6, 6.07) is 4.85.